The van der Waals surface area contributed by atoms with Crippen LogP contribution in [0.15, 0.2) is 46.1 Å². The number of sulfone groups is 1. The van der Waals surface area contributed by atoms with Gasteiger partial charge >= 0.3 is 5.97 Å². The van der Waals surface area contributed by atoms with Gasteiger partial charge in [0.1, 0.15) is 29.7 Å². The van der Waals surface area contributed by atoms with Crippen LogP contribution in [0.4, 0.5) is 0 Å². The molecule has 10 nitrogen and oxygen atoms in total. The summed E-state index contributed by atoms with van der Waals surface area (Å²) in [7, 11) is -3.39. The van der Waals surface area contributed by atoms with Gasteiger partial charge in [0.05, 0.1) is 17.0 Å². The SMILES string of the molecule is Cc1ccc2c(O)c(C(=O)NCC(=O)O)c(=O)n3c2c1OC(c1ccc(S(C)(=O)=O)cc1)C3. The van der Waals surface area contributed by atoms with E-state index >= 15 is 0 Å². The monoisotopic (exact) mass is 472 g/mol. The van der Waals surface area contributed by atoms with Gasteiger partial charge in [-0.05, 0) is 36.2 Å². The zero-order valence-electron chi connectivity index (χ0n) is 17.7. The Balaban J connectivity index is 1.85. The highest BCUT2D eigenvalue weighted by Gasteiger charge is 2.31. The summed E-state index contributed by atoms with van der Waals surface area (Å²) in [4.78, 5) is 36.7. The Labute approximate surface area is 188 Å². The van der Waals surface area contributed by atoms with Crippen molar-refractivity contribution in [2.75, 3.05) is 12.8 Å². The van der Waals surface area contributed by atoms with Crippen LogP contribution in [0.2, 0.25) is 0 Å². The quantitative estimate of drug-likeness (QED) is 0.503. The molecule has 1 aromatic heterocycles. The van der Waals surface area contributed by atoms with Gasteiger partial charge in [-0.3, -0.25) is 19.0 Å². The number of aromatic hydroxyl groups is 1. The fourth-order valence-electron chi connectivity index (χ4n) is 3.82. The summed E-state index contributed by atoms with van der Waals surface area (Å²) >= 11 is 0. The number of ether oxygens (including phenoxy) is 1. The first-order valence-corrected chi connectivity index (χ1v) is 11.7. The molecule has 172 valence electrons. The molecule has 0 spiro atoms. The average molecular weight is 472 g/mol. The number of benzene rings is 2. The molecule has 0 saturated heterocycles. The van der Waals surface area contributed by atoms with Gasteiger partial charge in [-0.15, -0.1) is 0 Å². The van der Waals surface area contributed by atoms with Crippen molar-refractivity contribution >= 4 is 32.6 Å². The predicted molar refractivity (Wildman–Crippen MR) is 117 cm³/mol. The maximum absolute atomic E-state index is 13.2. The molecule has 0 radical (unpaired) electrons. The third kappa shape index (κ3) is 3.91. The van der Waals surface area contributed by atoms with E-state index in [-0.39, 0.29) is 16.8 Å². The lowest BCUT2D eigenvalue weighted by atomic mass is 10.0. The molecule has 3 N–H and O–H groups in total. The Morgan fingerprint density at radius 1 is 1.18 bits per heavy atom. The molecule has 3 aromatic rings. The van der Waals surface area contributed by atoms with Gasteiger partial charge in [0, 0.05) is 11.6 Å². The number of pyridine rings is 1. The van der Waals surface area contributed by atoms with Gasteiger partial charge in [-0.25, -0.2) is 8.42 Å². The predicted octanol–water partition coefficient (Wildman–Crippen LogP) is 1.37. The van der Waals surface area contributed by atoms with E-state index in [0.29, 0.717) is 22.4 Å². The number of rotatable bonds is 5. The first-order chi connectivity index (χ1) is 15.5. The van der Waals surface area contributed by atoms with E-state index < -0.39 is 51.2 Å². The van der Waals surface area contributed by atoms with Crippen LogP contribution in [-0.2, 0) is 21.2 Å². The lowest BCUT2D eigenvalue weighted by Gasteiger charge is -2.30. The van der Waals surface area contributed by atoms with E-state index in [0.717, 1.165) is 6.26 Å². The Hall–Kier alpha value is -3.86. The summed E-state index contributed by atoms with van der Waals surface area (Å²) in [6.45, 7) is 1.04. The van der Waals surface area contributed by atoms with E-state index in [4.69, 9.17) is 9.84 Å². The van der Waals surface area contributed by atoms with Crippen molar-refractivity contribution in [2.45, 2.75) is 24.5 Å². The first kappa shape index (κ1) is 22.3. The van der Waals surface area contributed by atoms with Crippen molar-refractivity contribution in [3.8, 4) is 11.5 Å². The molecule has 2 heterocycles. The van der Waals surface area contributed by atoms with Gasteiger partial charge in [0.2, 0.25) is 0 Å². The molecule has 1 aliphatic heterocycles. The van der Waals surface area contributed by atoms with E-state index in [1.807, 2.05) is 0 Å². The zero-order valence-corrected chi connectivity index (χ0v) is 18.5. The van der Waals surface area contributed by atoms with Crippen LogP contribution in [0.5, 0.6) is 11.5 Å². The third-order valence-electron chi connectivity index (χ3n) is 5.46. The number of aliphatic carboxylic acids is 1. The van der Waals surface area contributed by atoms with Crippen molar-refractivity contribution in [3.05, 3.63) is 63.4 Å². The number of carbonyl (C=O) groups excluding carboxylic acids is 1. The molecular weight excluding hydrogens is 452 g/mol. The smallest absolute Gasteiger partial charge is 0.322 e. The third-order valence-corrected chi connectivity index (χ3v) is 6.59. The molecule has 1 aliphatic rings. The van der Waals surface area contributed by atoms with Crippen LogP contribution in [0.3, 0.4) is 0 Å². The summed E-state index contributed by atoms with van der Waals surface area (Å²) in [5.41, 5.74) is 0.260. The highest BCUT2D eigenvalue weighted by atomic mass is 32.2. The minimum Gasteiger partial charge on any atom is -0.506 e. The van der Waals surface area contributed by atoms with Crippen molar-refractivity contribution in [1.29, 1.82) is 0 Å². The molecule has 0 saturated carbocycles. The van der Waals surface area contributed by atoms with Crippen LogP contribution in [0.25, 0.3) is 10.9 Å². The zero-order chi connectivity index (χ0) is 24.1. The molecule has 1 unspecified atom stereocenters. The number of hydrogen-bond donors (Lipinski definition) is 3. The Morgan fingerprint density at radius 2 is 1.85 bits per heavy atom. The molecule has 4 rings (SSSR count). The van der Waals surface area contributed by atoms with Gasteiger partial charge in [-0.2, -0.15) is 0 Å². The summed E-state index contributed by atoms with van der Waals surface area (Å²) in [6, 6.07) is 9.29. The fourth-order valence-corrected chi connectivity index (χ4v) is 4.45. The van der Waals surface area contributed by atoms with E-state index in [1.54, 1.807) is 31.2 Å². The minimum absolute atomic E-state index is 0.0104. The number of carboxylic acids is 1. The van der Waals surface area contributed by atoms with Crippen LogP contribution in [0, 0.1) is 6.92 Å². The molecule has 2 aromatic carbocycles. The second-order valence-electron chi connectivity index (χ2n) is 7.77. The Bertz CT molecular complexity index is 1470. The summed E-state index contributed by atoms with van der Waals surface area (Å²) in [5, 5.41) is 21.8. The minimum atomic E-state index is -3.39. The first-order valence-electron chi connectivity index (χ1n) is 9.84. The molecule has 1 atom stereocenters. The summed E-state index contributed by atoms with van der Waals surface area (Å²) < 4.78 is 31.0. The highest BCUT2D eigenvalue weighted by molar-refractivity contribution is 7.90. The highest BCUT2D eigenvalue weighted by Crippen LogP contribution is 2.40. The standard InChI is InChI=1S/C22H20N2O8S/c1-11-3-8-14-18-20(11)32-15(12-4-6-13(7-5-12)33(2,30)31)10-24(18)22(29)17(19(14)27)21(28)23-9-16(25)26/h3-8,15,27H,9-10H2,1-2H3,(H,23,28)(H,25,26). The molecule has 11 heteroatoms. The number of carbonyl (C=O) groups is 2. The van der Waals surface area contributed by atoms with Gasteiger partial charge < -0.3 is 20.3 Å². The number of nitrogens with one attached hydrogen (secondary N) is 1. The molecule has 0 fully saturated rings. The van der Waals surface area contributed by atoms with Gasteiger partial charge in [0.25, 0.3) is 11.5 Å². The molecule has 0 aliphatic carbocycles. The maximum Gasteiger partial charge on any atom is 0.322 e. The topological polar surface area (TPSA) is 152 Å². The van der Waals surface area contributed by atoms with Crippen molar-refractivity contribution in [2.24, 2.45) is 0 Å². The van der Waals surface area contributed by atoms with Crippen LogP contribution < -0.4 is 15.6 Å². The van der Waals surface area contributed by atoms with Crippen molar-refractivity contribution < 1.29 is 33.0 Å². The normalized spacial score (nSPS) is 15.2. The van der Waals surface area contributed by atoms with Gasteiger partial charge in [0.15, 0.2) is 9.84 Å². The average Bonchev–Trinajstić information content (AvgIpc) is 2.76. The van der Waals surface area contributed by atoms with E-state index in [1.165, 1.54) is 16.7 Å². The second kappa shape index (κ2) is 7.93. The van der Waals surface area contributed by atoms with Gasteiger partial charge in [-0.1, -0.05) is 18.2 Å². The number of carboxylic acid groups (broad SMARTS) is 1. The van der Waals surface area contributed by atoms with Crippen LogP contribution in [0.1, 0.15) is 27.6 Å². The Morgan fingerprint density at radius 3 is 2.45 bits per heavy atom. The molecule has 33 heavy (non-hydrogen) atoms. The van der Waals surface area contributed by atoms with Crippen LogP contribution >= 0.6 is 0 Å². The lowest BCUT2D eigenvalue weighted by Crippen LogP contribution is -2.38. The Kier molecular flexibility index (Phi) is 5.36. The number of nitrogens with zero attached hydrogens (tertiary/aromatic N) is 1. The summed E-state index contributed by atoms with van der Waals surface area (Å²) in [6.07, 6.45) is 0.426. The largest absolute Gasteiger partial charge is 0.506 e. The van der Waals surface area contributed by atoms with Crippen molar-refractivity contribution in [1.82, 2.24) is 9.88 Å². The molecule has 0 bridgehead atoms. The number of hydrogen-bond acceptors (Lipinski definition) is 7. The molecular formula is C22H20N2O8S. The van der Waals surface area contributed by atoms with E-state index in [9.17, 15) is 27.9 Å². The lowest BCUT2D eigenvalue weighted by molar-refractivity contribution is -0.135. The van der Waals surface area contributed by atoms with Crippen LogP contribution in [-0.4, -0.2) is 47.9 Å². The fraction of sp³-hybridized carbons (Fsp3) is 0.227. The maximum atomic E-state index is 13.2. The number of aromatic nitrogens is 1. The van der Waals surface area contributed by atoms with Crippen molar-refractivity contribution in [3.63, 3.8) is 0 Å². The molecule has 1 amide bonds. The second-order valence-corrected chi connectivity index (χ2v) is 9.79. The number of amides is 1. The summed E-state index contributed by atoms with van der Waals surface area (Å²) in [5.74, 6) is -2.52. The van der Waals surface area contributed by atoms with E-state index in [2.05, 4.69) is 5.32 Å². The number of aryl methyl sites for hydroxylation is 1.